The second-order valence-corrected chi connectivity index (χ2v) is 7.23. The van der Waals surface area contributed by atoms with Gasteiger partial charge in [0.1, 0.15) is 0 Å². The molecule has 0 radical (unpaired) electrons. The highest BCUT2D eigenvalue weighted by Gasteiger charge is 2.44. The number of amides is 1. The Morgan fingerprint density at radius 1 is 1.04 bits per heavy atom. The smallest absolute Gasteiger partial charge is 0.251 e. The van der Waals surface area contributed by atoms with E-state index in [4.69, 9.17) is 9.47 Å². The molecule has 5 heteroatoms. The molecule has 1 saturated carbocycles. The molecule has 28 heavy (non-hydrogen) atoms. The third kappa shape index (κ3) is 3.09. The van der Waals surface area contributed by atoms with Crippen LogP contribution < -0.4 is 14.8 Å². The van der Waals surface area contributed by atoms with E-state index in [0.29, 0.717) is 11.4 Å². The maximum absolute atomic E-state index is 12.4. The molecular weight excluding hydrogens is 352 g/mol. The fourth-order valence-corrected chi connectivity index (χ4v) is 3.90. The molecule has 1 amide bonds. The molecule has 1 aromatic heterocycles. The average Bonchev–Trinajstić information content (AvgIpc) is 3.31. The van der Waals surface area contributed by atoms with Gasteiger partial charge in [-0.15, -0.1) is 0 Å². The minimum absolute atomic E-state index is 0.206. The van der Waals surface area contributed by atoms with Crippen LogP contribution in [-0.2, 0) is 4.79 Å². The SMILES string of the molecule is O=C(/C=C/c1cccc2cccnc12)Nc1ccc2c(c1)OC1(CCCC1)O2. The average molecular weight is 372 g/mol. The van der Waals surface area contributed by atoms with Crippen molar-refractivity contribution >= 4 is 28.6 Å². The number of para-hydroxylation sites is 1. The number of rotatable bonds is 3. The molecule has 3 aromatic rings. The molecule has 5 rings (SSSR count). The number of benzene rings is 2. The second-order valence-electron chi connectivity index (χ2n) is 7.23. The van der Waals surface area contributed by atoms with Gasteiger partial charge in [0.25, 0.3) is 5.79 Å². The van der Waals surface area contributed by atoms with Crippen molar-refractivity contribution in [3.8, 4) is 11.5 Å². The Kier molecular flexibility index (Phi) is 4.01. The molecule has 1 aliphatic heterocycles. The number of anilines is 1. The summed E-state index contributed by atoms with van der Waals surface area (Å²) in [6.45, 7) is 0. The Labute approximate surface area is 163 Å². The van der Waals surface area contributed by atoms with Gasteiger partial charge in [-0.2, -0.15) is 0 Å². The Hall–Kier alpha value is -3.34. The Bertz CT molecular complexity index is 1080. The summed E-state index contributed by atoms with van der Waals surface area (Å²) in [7, 11) is 0. The van der Waals surface area contributed by atoms with Crippen LogP contribution in [0.15, 0.2) is 60.8 Å². The molecule has 0 bridgehead atoms. The number of ether oxygens (including phenoxy) is 2. The number of fused-ring (bicyclic) bond motifs is 2. The van der Waals surface area contributed by atoms with Crippen molar-refractivity contribution < 1.29 is 14.3 Å². The Morgan fingerprint density at radius 2 is 1.86 bits per heavy atom. The van der Waals surface area contributed by atoms with Gasteiger partial charge >= 0.3 is 0 Å². The lowest BCUT2D eigenvalue weighted by Gasteiger charge is -2.21. The number of aromatic nitrogens is 1. The van der Waals surface area contributed by atoms with E-state index in [9.17, 15) is 4.79 Å². The summed E-state index contributed by atoms with van der Waals surface area (Å²) in [5.41, 5.74) is 2.46. The zero-order valence-corrected chi connectivity index (χ0v) is 15.4. The van der Waals surface area contributed by atoms with E-state index in [0.717, 1.165) is 47.9 Å². The summed E-state index contributed by atoms with van der Waals surface area (Å²) in [6, 6.07) is 15.3. The molecule has 5 nitrogen and oxygen atoms in total. The fraction of sp³-hybridized carbons (Fsp3) is 0.217. The number of carbonyl (C=O) groups is 1. The number of carbonyl (C=O) groups excluding carboxylic acids is 1. The van der Waals surface area contributed by atoms with Crippen molar-refractivity contribution in [2.45, 2.75) is 31.5 Å². The Balaban J connectivity index is 1.31. The highest BCUT2D eigenvalue weighted by molar-refractivity contribution is 6.03. The first-order chi connectivity index (χ1) is 13.7. The van der Waals surface area contributed by atoms with Gasteiger partial charge in [-0.3, -0.25) is 9.78 Å². The normalized spacial score (nSPS) is 16.9. The molecule has 1 aliphatic carbocycles. The van der Waals surface area contributed by atoms with Crippen LogP contribution in [-0.4, -0.2) is 16.7 Å². The van der Waals surface area contributed by atoms with E-state index in [1.165, 1.54) is 6.08 Å². The van der Waals surface area contributed by atoms with Crippen LogP contribution in [0.4, 0.5) is 5.69 Å². The number of nitrogens with zero attached hydrogens (tertiary/aromatic N) is 1. The zero-order valence-electron chi connectivity index (χ0n) is 15.4. The van der Waals surface area contributed by atoms with E-state index in [-0.39, 0.29) is 5.91 Å². The zero-order chi connectivity index (χ0) is 19.0. The van der Waals surface area contributed by atoms with Gasteiger partial charge in [0.2, 0.25) is 5.91 Å². The van der Waals surface area contributed by atoms with Crippen molar-refractivity contribution in [3.05, 3.63) is 66.4 Å². The van der Waals surface area contributed by atoms with Crippen LogP contribution in [0.25, 0.3) is 17.0 Å². The minimum Gasteiger partial charge on any atom is -0.448 e. The highest BCUT2D eigenvalue weighted by atomic mass is 16.7. The monoisotopic (exact) mass is 372 g/mol. The van der Waals surface area contributed by atoms with E-state index >= 15 is 0 Å². The van der Waals surface area contributed by atoms with Crippen LogP contribution in [0, 0.1) is 0 Å². The van der Waals surface area contributed by atoms with Crippen molar-refractivity contribution in [2.75, 3.05) is 5.32 Å². The Morgan fingerprint density at radius 3 is 2.75 bits per heavy atom. The molecule has 2 heterocycles. The van der Waals surface area contributed by atoms with E-state index in [1.54, 1.807) is 12.3 Å². The lowest BCUT2D eigenvalue weighted by atomic mass is 10.1. The van der Waals surface area contributed by atoms with Crippen molar-refractivity contribution in [1.82, 2.24) is 4.98 Å². The van der Waals surface area contributed by atoms with Gasteiger partial charge in [0.15, 0.2) is 11.5 Å². The number of nitrogens with one attached hydrogen (secondary N) is 1. The molecule has 2 aromatic carbocycles. The van der Waals surface area contributed by atoms with Crippen LogP contribution in [0.3, 0.4) is 0 Å². The molecule has 1 fully saturated rings. The summed E-state index contributed by atoms with van der Waals surface area (Å²) >= 11 is 0. The maximum Gasteiger partial charge on any atom is 0.251 e. The first kappa shape index (κ1) is 16.8. The molecule has 0 saturated heterocycles. The van der Waals surface area contributed by atoms with Gasteiger partial charge in [-0.1, -0.05) is 24.3 Å². The van der Waals surface area contributed by atoms with Gasteiger partial charge in [0, 0.05) is 47.8 Å². The van der Waals surface area contributed by atoms with Gasteiger partial charge < -0.3 is 14.8 Å². The molecule has 1 N–H and O–H groups in total. The van der Waals surface area contributed by atoms with Crippen LogP contribution in [0.1, 0.15) is 31.2 Å². The van der Waals surface area contributed by atoms with Gasteiger partial charge in [0.05, 0.1) is 5.52 Å². The van der Waals surface area contributed by atoms with Gasteiger partial charge in [-0.05, 0) is 37.1 Å². The summed E-state index contributed by atoms with van der Waals surface area (Å²) in [5, 5.41) is 3.93. The third-order valence-electron chi connectivity index (χ3n) is 5.25. The first-order valence-corrected chi connectivity index (χ1v) is 9.56. The molecule has 0 atom stereocenters. The lowest BCUT2D eigenvalue weighted by Crippen LogP contribution is -2.34. The van der Waals surface area contributed by atoms with Crippen molar-refractivity contribution in [3.63, 3.8) is 0 Å². The van der Waals surface area contributed by atoms with Crippen LogP contribution >= 0.6 is 0 Å². The van der Waals surface area contributed by atoms with Crippen molar-refractivity contribution in [1.29, 1.82) is 0 Å². The molecule has 140 valence electrons. The number of hydrogen-bond donors (Lipinski definition) is 1. The first-order valence-electron chi connectivity index (χ1n) is 9.56. The molecule has 2 aliphatic rings. The number of pyridine rings is 1. The fourth-order valence-electron chi connectivity index (χ4n) is 3.90. The van der Waals surface area contributed by atoms with Gasteiger partial charge in [-0.25, -0.2) is 0 Å². The second kappa shape index (κ2) is 6.68. The van der Waals surface area contributed by atoms with Crippen LogP contribution in [0.2, 0.25) is 0 Å². The number of hydrogen-bond acceptors (Lipinski definition) is 4. The summed E-state index contributed by atoms with van der Waals surface area (Å²) in [4.78, 5) is 16.8. The third-order valence-corrected chi connectivity index (χ3v) is 5.25. The van der Waals surface area contributed by atoms with Crippen molar-refractivity contribution in [2.24, 2.45) is 0 Å². The van der Waals surface area contributed by atoms with E-state index in [2.05, 4.69) is 10.3 Å². The lowest BCUT2D eigenvalue weighted by molar-refractivity contribution is -0.111. The minimum atomic E-state index is -0.494. The molecule has 0 unspecified atom stereocenters. The topological polar surface area (TPSA) is 60.5 Å². The van der Waals surface area contributed by atoms with Crippen LogP contribution in [0.5, 0.6) is 11.5 Å². The largest absolute Gasteiger partial charge is 0.448 e. The maximum atomic E-state index is 12.4. The molecule has 1 spiro atoms. The standard InChI is InChI=1S/C23H20N2O3/c26-21(11-8-17-6-3-5-16-7-4-14-24-22(16)17)25-18-9-10-19-20(15-18)28-23(27-19)12-1-2-13-23/h3-11,14-15H,1-2,12-13H2,(H,25,26)/b11-8+. The highest BCUT2D eigenvalue weighted by Crippen LogP contribution is 2.47. The summed E-state index contributed by atoms with van der Waals surface area (Å²) in [5.74, 6) is 0.744. The summed E-state index contributed by atoms with van der Waals surface area (Å²) < 4.78 is 12.1. The quantitative estimate of drug-likeness (QED) is 0.663. The summed E-state index contributed by atoms with van der Waals surface area (Å²) in [6.07, 6.45) is 9.11. The van der Waals surface area contributed by atoms with E-state index < -0.39 is 5.79 Å². The predicted octanol–water partition coefficient (Wildman–Crippen LogP) is 4.93. The molecular formula is C23H20N2O3. The predicted molar refractivity (Wildman–Crippen MR) is 108 cm³/mol. The van der Waals surface area contributed by atoms with E-state index in [1.807, 2.05) is 48.5 Å².